The van der Waals surface area contributed by atoms with Crippen molar-refractivity contribution in [1.82, 2.24) is 15.3 Å². The van der Waals surface area contributed by atoms with Crippen LogP contribution < -0.4 is 5.32 Å². The van der Waals surface area contributed by atoms with Crippen LogP contribution >= 0.6 is 0 Å². The molecular weight excluding hydrogens is 253 g/mol. The zero-order valence-corrected chi connectivity index (χ0v) is 11.1. The molecule has 1 heterocycles. The van der Waals surface area contributed by atoms with Crippen molar-refractivity contribution in [3.63, 3.8) is 0 Å². The molecule has 0 aliphatic carbocycles. The molecule has 0 unspecified atom stereocenters. The lowest BCUT2D eigenvalue weighted by Crippen LogP contribution is -2.17. The summed E-state index contributed by atoms with van der Waals surface area (Å²) < 4.78 is 12.8. The Labute approximate surface area is 116 Å². The van der Waals surface area contributed by atoms with Crippen LogP contribution in [-0.4, -0.2) is 16.5 Å². The van der Waals surface area contributed by atoms with Gasteiger partial charge in [0.15, 0.2) is 0 Å². The lowest BCUT2D eigenvalue weighted by atomic mass is 10.1. The van der Waals surface area contributed by atoms with Crippen LogP contribution in [0.5, 0.6) is 0 Å². The standard InChI is InChI=1S/C16H16FN3/c17-13-7-5-12(6-8-13)9-10-18-11-16-19-14-3-1-2-4-15(14)20-16/h1-8,18H,9-11H2,(H,19,20). The summed E-state index contributed by atoms with van der Waals surface area (Å²) in [5, 5.41) is 3.34. The second-order valence-electron chi connectivity index (χ2n) is 4.75. The van der Waals surface area contributed by atoms with Crippen LogP contribution in [0.15, 0.2) is 48.5 Å². The third kappa shape index (κ3) is 3.03. The molecule has 0 spiro atoms. The molecule has 0 aliphatic rings. The van der Waals surface area contributed by atoms with E-state index in [-0.39, 0.29) is 5.82 Å². The van der Waals surface area contributed by atoms with E-state index in [9.17, 15) is 4.39 Å². The van der Waals surface area contributed by atoms with Gasteiger partial charge in [-0.2, -0.15) is 0 Å². The minimum atomic E-state index is -0.191. The highest BCUT2D eigenvalue weighted by Gasteiger charge is 2.01. The number of nitrogens with one attached hydrogen (secondary N) is 2. The average Bonchev–Trinajstić information content (AvgIpc) is 2.88. The highest BCUT2D eigenvalue weighted by atomic mass is 19.1. The van der Waals surface area contributed by atoms with Gasteiger partial charge >= 0.3 is 0 Å². The maximum atomic E-state index is 12.8. The van der Waals surface area contributed by atoms with Gasteiger partial charge in [-0.3, -0.25) is 0 Å². The van der Waals surface area contributed by atoms with E-state index in [0.717, 1.165) is 35.4 Å². The van der Waals surface area contributed by atoms with Gasteiger partial charge in [-0.05, 0) is 42.8 Å². The zero-order valence-electron chi connectivity index (χ0n) is 11.1. The molecule has 3 nitrogen and oxygen atoms in total. The Morgan fingerprint density at radius 3 is 2.65 bits per heavy atom. The molecule has 0 saturated carbocycles. The minimum absolute atomic E-state index is 0.191. The Hall–Kier alpha value is -2.20. The quantitative estimate of drug-likeness (QED) is 0.699. The maximum Gasteiger partial charge on any atom is 0.123 e. The first kappa shape index (κ1) is 12.8. The summed E-state index contributed by atoms with van der Waals surface area (Å²) in [6, 6.07) is 14.6. The first-order valence-corrected chi connectivity index (χ1v) is 6.70. The highest BCUT2D eigenvalue weighted by Crippen LogP contribution is 2.10. The van der Waals surface area contributed by atoms with Gasteiger partial charge in [0.1, 0.15) is 11.6 Å². The van der Waals surface area contributed by atoms with E-state index in [1.165, 1.54) is 12.1 Å². The topological polar surface area (TPSA) is 40.7 Å². The fraction of sp³-hybridized carbons (Fsp3) is 0.188. The van der Waals surface area contributed by atoms with E-state index in [0.29, 0.717) is 6.54 Å². The molecule has 4 heteroatoms. The Balaban J connectivity index is 1.51. The lowest BCUT2D eigenvalue weighted by Gasteiger charge is -2.03. The summed E-state index contributed by atoms with van der Waals surface area (Å²) in [5.74, 6) is 0.745. The first-order valence-electron chi connectivity index (χ1n) is 6.70. The number of hydrogen-bond donors (Lipinski definition) is 2. The molecule has 0 amide bonds. The smallest absolute Gasteiger partial charge is 0.123 e. The van der Waals surface area contributed by atoms with Crippen molar-refractivity contribution in [2.75, 3.05) is 6.54 Å². The molecule has 3 aromatic rings. The number of rotatable bonds is 5. The molecule has 0 radical (unpaired) electrons. The summed E-state index contributed by atoms with van der Waals surface area (Å²) in [6.07, 6.45) is 0.876. The normalized spacial score (nSPS) is 11.1. The van der Waals surface area contributed by atoms with Gasteiger partial charge in [-0.25, -0.2) is 9.37 Å². The third-order valence-corrected chi connectivity index (χ3v) is 3.23. The molecule has 0 saturated heterocycles. The number of hydrogen-bond acceptors (Lipinski definition) is 2. The van der Waals surface area contributed by atoms with Crippen molar-refractivity contribution in [2.45, 2.75) is 13.0 Å². The lowest BCUT2D eigenvalue weighted by molar-refractivity contribution is 0.625. The van der Waals surface area contributed by atoms with Gasteiger partial charge in [0.2, 0.25) is 0 Å². The molecule has 3 rings (SSSR count). The fourth-order valence-electron chi connectivity index (χ4n) is 2.18. The van der Waals surface area contributed by atoms with E-state index in [1.54, 1.807) is 0 Å². The Bertz CT molecular complexity index is 655. The number of aromatic nitrogens is 2. The van der Waals surface area contributed by atoms with Crippen LogP contribution in [0.25, 0.3) is 11.0 Å². The van der Waals surface area contributed by atoms with Crippen molar-refractivity contribution < 1.29 is 4.39 Å². The van der Waals surface area contributed by atoms with E-state index in [2.05, 4.69) is 15.3 Å². The van der Waals surface area contributed by atoms with Crippen molar-refractivity contribution in [1.29, 1.82) is 0 Å². The summed E-state index contributed by atoms with van der Waals surface area (Å²) >= 11 is 0. The monoisotopic (exact) mass is 269 g/mol. The van der Waals surface area contributed by atoms with Crippen molar-refractivity contribution in [3.05, 3.63) is 65.7 Å². The number of aromatic amines is 1. The molecule has 20 heavy (non-hydrogen) atoms. The molecule has 0 bridgehead atoms. The minimum Gasteiger partial charge on any atom is -0.341 e. The van der Waals surface area contributed by atoms with Crippen LogP contribution in [0.1, 0.15) is 11.4 Å². The van der Waals surface area contributed by atoms with Gasteiger partial charge in [0.05, 0.1) is 17.6 Å². The first-order chi connectivity index (χ1) is 9.81. The number of nitrogens with zero attached hydrogens (tertiary/aromatic N) is 1. The van der Waals surface area contributed by atoms with Crippen LogP contribution in [0.3, 0.4) is 0 Å². The SMILES string of the molecule is Fc1ccc(CCNCc2nc3ccccc3[nH]2)cc1. The summed E-state index contributed by atoms with van der Waals surface area (Å²) in [6.45, 7) is 1.54. The Morgan fingerprint density at radius 1 is 1.05 bits per heavy atom. The van der Waals surface area contributed by atoms with E-state index in [4.69, 9.17) is 0 Å². The number of H-pyrrole nitrogens is 1. The van der Waals surface area contributed by atoms with E-state index >= 15 is 0 Å². The Morgan fingerprint density at radius 2 is 1.85 bits per heavy atom. The van der Waals surface area contributed by atoms with Gasteiger partial charge in [0.25, 0.3) is 0 Å². The second kappa shape index (κ2) is 5.84. The number of halogens is 1. The largest absolute Gasteiger partial charge is 0.341 e. The molecule has 0 atom stereocenters. The number of para-hydroxylation sites is 2. The molecule has 0 fully saturated rings. The number of imidazole rings is 1. The maximum absolute atomic E-state index is 12.8. The molecule has 102 valence electrons. The van der Waals surface area contributed by atoms with Crippen molar-refractivity contribution in [2.24, 2.45) is 0 Å². The molecule has 0 aliphatic heterocycles. The van der Waals surface area contributed by atoms with Gasteiger partial charge in [0, 0.05) is 0 Å². The number of benzene rings is 2. The van der Waals surface area contributed by atoms with Gasteiger partial charge in [-0.15, -0.1) is 0 Å². The highest BCUT2D eigenvalue weighted by molar-refractivity contribution is 5.74. The Kier molecular flexibility index (Phi) is 3.74. The second-order valence-corrected chi connectivity index (χ2v) is 4.75. The average molecular weight is 269 g/mol. The predicted octanol–water partition coefficient (Wildman–Crippen LogP) is 3.03. The fourth-order valence-corrected chi connectivity index (χ4v) is 2.18. The molecule has 2 N–H and O–H groups in total. The molecular formula is C16H16FN3. The van der Waals surface area contributed by atoms with E-state index in [1.807, 2.05) is 36.4 Å². The van der Waals surface area contributed by atoms with Gasteiger partial charge in [-0.1, -0.05) is 24.3 Å². The van der Waals surface area contributed by atoms with Crippen LogP contribution in [0.4, 0.5) is 4.39 Å². The summed E-state index contributed by atoms with van der Waals surface area (Å²) in [5.41, 5.74) is 3.18. The van der Waals surface area contributed by atoms with E-state index < -0.39 is 0 Å². The molecule has 1 aromatic heterocycles. The molecule has 2 aromatic carbocycles. The van der Waals surface area contributed by atoms with Crippen LogP contribution in [0.2, 0.25) is 0 Å². The van der Waals surface area contributed by atoms with Crippen LogP contribution in [0, 0.1) is 5.82 Å². The third-order valence-electron chi connectivity index (χ3n) is 3.23. The predicted molar refractivity (Wildman–Crippen MR) is 77.9 cm³/mol. The van der Waals surface area contributed by atoms with Crippen LogP contribution in [-0.2, 0) is 13.0 Å². The van der Waals surface area contributed by atoms with Gasteiger partial charge < -0.3 is 10.3 Å². The van der Waals surface area contributed by atoms with Crippen molar-refractivity contribution in [3.8, 4) is 0 Å². The summed E-state index contributed by atoms with van der Waals surface area (Å²) in [7, 11) is 0. The number of fused-ring (bicyclic) bond motifs is 1. The van der Waals surface area contributed by atoms with Crippen molar-refractivity contribution >= 4 is 11.0 Å². The summed E-state index contributed by atoms with van der Waals surface area (Å²) in [4.78, 5) is 7.78. The zero-order chi connectivity index (χ0) is 13.8.